The van der Waals surface area contributed by atoms with Gasteiger partial charge >= 0.3 is 6.03 Å². The van der Waals surface area contributed by atoms with Crippen LogP contribution in [0.4, 0.5) is 16.2 Å². The number of urea groups is 1. The monoisotopic (exact) mass is 503 g/mol. The molecule has 0 aliphatic carbocycles. The van der Waals surface area contributed by atoms with Gasteiger partial charge in [0.15, 0.2) is 0 Å². The Labute approximate surface area is 215 Å². The fraction of sp³-hybridized carbons (Fsp3) is 0.250. The number of nitrogens with one attached hydrogen (secondary N) is 1. The molecule has 9 heteroatoms. The largest absolute Gasteiger partial charge is 0.497 e. The van der Waals surface area contributed by atoms with Crippen molar-refractivity contribution in [2.45, 2.75) is 25.9 Å². The van der Waals surface area contributed by atoms with Crippen molar-refractivity contribution >= 4 is 29.2 Å². The van der Waals surface area contributed by atoms with Crippen LogP contribution in [-0.4, -0.2) is 50.1 Å². The van der Waals surface area contributed by atoms with Crippen molar-refractivity contribution in [3.63, 3.8) is 0 Å². The van der Waals surface area contributed by atoms with Gasteiger partial charge in [-0.05, 0) is 36.8 Å². The van der Waals surface area contributed by atoms with Crippen molar-refractivity contribution < 1.29 is 28.6 Å². The number of hydrogen-bond acceptors (Lipinski definition) is 6. The van der Waals surface area contributed by atoms with Crippen LogP contribution in [0.1, 0.15) is 17.5 Å². The SMILES string of the molecule is COc1ccc(CN2C(=O)N(c3ccc(C)cc3)C(=O)[C@@H]2CC(=O)Nc2cc(OC)cc(OC)c2)cc1. The minimum absolute atomic E-state index is 0.155. The minimum atomic E-state index is -0.983. The average molecular weight is 504 g/mol. The summed E-state index contributed by atoms with van der Waals surface area (Å²) >= 11 is 0. The second kappa shape index (κ2) is 11.0. The Morgan fingerprint density at radius 1 is 0.838 bits per heavy atom. The van der Waals surface area contributed by atoms with Gasteiger partial charge in [0.2, 0.25) is 5.91 Å². The Kier molecular flexibility index (Phi) is 7.62. The number of methoxy groups -OCH3 is 3. The molecule has 4 amide bonds. The molecular formula is C28H29N3O6. The van der Waals surface area contributed by atoms with E-state index in [1.54, 1.807) is 49.6 Å². The average Bonchev–Trinajstić information content (AvgIpc) is 3.13. The molecule has 1 saturated heterocycles. The lowest BCUT2D eigenvalue weighted by molar-refractivity contribution is -0.124. The second-order valence-corrected chi connectivity index (χ2v) is 8.64. The predicted octanol–water partition coefficient (Wildman–Crippen LogP) is 4.39. The first kappa shape index (κ1) is 25.6. The Morgan fingerprint density at radius 2 is 1.43 bits per heavy atom. The molecule has 0 radical (unpaired) electrons. The van der Waals surface area contributed by atoms with Gasteiger partial charge in [-0.2, -0.15) is 0 Å². The van der Waals surface area contributed by atoms with E-state index in [1.165, 1.54) is 19.1 Å². The highest BCUT2D eigenvalue weighted by Crippen LogP contribution is 2.30. The highest BCUT2D eigenvalue weighted by Gasteiger charge is 2.46. The van der Waals surface area contributed by atoms with Crippen LogP contribution in [-0.2, 0) is 16.1 Å². The number of carbonyl (C=O) groups is 3. The van der Waals surface area contributed by atoms with E-state index in [4.69, 9.17) is 14.2 Å². The van der Waals surface area contributed by atoms with Gasteiger partial charge in [-0.3, -0.25) is 9.59 Å². The lowest BCUT2D eigenvalue weighted by Gasteiger charge is -2.22. The van der Waals surface area contributed by atoms with E-state index in [1.807, 2.05) is 31.2 Å². The fourth-order valence-corrected chi connectivity index (χ4v) is 4.14. The van der Waals surface area contributed by atoms with Crippen molar-refractivity contribution in [3.05, 3.63) is 77.9 Å². The number of imide groups is 1. The zero-order chi connectivity index (χ0) is 26.5. The molecule has 0 spiro atoms. The number of hydrogen-bond donors (Lipinski definition) is 1. The lowest BCUT2D eigenvalue weighted by Crippen LogP contribution is -2.37. The highest BCUT2D eigenvalue weighted by atomic mass is 16.5. The topological polar surface area (TPSA) is 97.4 Å². The number of benzene rings is 3. The van der Waals surface area contributed by atoms with Crippen LogP contribution in [0.25, 0.3) is 0 Å². The third-order valence-electron chi connectivity index (χ3n) is 6.14. The Hall–Kier alpha value is -4.53. The first-order valence-corrected chi connectivity index (χ1v) is 11.7. The number of anilines is 2. The Bertz CT molecular complexity index is 1270. The van der Waals surface area contributed by atoms with Gasteiger partial charge in [0.1, 0.15) is 23.3 Å². The van der Waals surface area contributed by atoms with Crippen LogP contribution < -0.4 is 24.4 Å². The molecular weight excluding hydrogens is 474 g/mol. The number of aryl methyl sites for hydroxylation is 1. The maximum absolute atomic E-state index is 13.5. The van der Waals surface area contributed by atoms with Crippen molar-refractivity contribution in [1.29, 1.82) is 0 Å². The Morgan fingerprint density at radius 3 is 2.00 bits per heavy atom. The summed E-state index contributed by atoms with van der Waals surface area (Å²) in [5.74, 6) is 0.813. The zero-order valence-electron chi connectivity index (χ0n) is 21.2. The lowest BCUT2D eigenvalue weighted by atomic mass is 10.1. The molecule has 0 bridgehead atoms. The molecule has 1 atom stereocenters. The summed E-state index contributed by atoms with van der Waals surface area (Å²) in [5, 5.41) is 2.79. The number of ether oxygens (including phenoxy) is 3. The molecule has 0 aromatic heterocycles. The van der Waals surface area contributed by atoms with Crippen molar-refractivity contribution in [2.75, 3.05) is 31.5 Å². The van der Waals surface area contributed by atoms with E-state index < -0.39 is 23.9 Å². The molecule has 3 aromatic carbocycles. The molecule has 1 fully saturated rings. The van der Waals surface area contributed by atoms with Gasteiger partial charge in [0.05, 0.1) is 33.4 Å². The standard InChI is InChI=1S/C28H29N3O6/c1-18-5-9-21(10-6-18)31-27(33)25(30(28(31)34)17-19-7-11-22(35-2)12-8-19)16-26(32)29-20-13-23(36-3)15-24(14-20)37-4/h5-15,25H,16-17H2,1-4H3,(H,29,32)/t25-/m0/s1. The van der Waals surface area contributed by atoms with Gasteiger partial charge < -0.3 is 24.4 Å². The van der Waals surface area contributed by atoms with Crippen molar-refractivity contribution in [3.8, 4) is 17.2 Å². The quantitative estimate of drug-likeness (QED) is 0.435. The van der Waals surface area contributed by atoms with E-state index in [0.717, 1.165) is 16.0 Å². The molecule has 9 nitrogen and oxygen atoms in total. The molecule has 3 aromatic rings. The first-order valence-electron chi connectivity index (χ1n) is 11.7. The molecule has 0 saturated carbocycles. The van der Waals surface area contributed by atoms with Gasteiger partial charge in [-0.25, -0.2) is 9.69 Å². The maximum atomic E-state index is 13.5. The summed E-state index contributed by atoms with van der Waals surface area (Å²) in [6.45, 7) is 2.08. The summed E-state index contributed by atoms with van der Waals surface area (Å²) in [6, 6.07) is 17.9. The third kappa shape index (κ3) is 5.66. The van der Waals surface area contributed by atoms with E-state index in [2.05, 4.69) is 5.32 Å². The van der Waals surface area contributed by atoms with E-state index in [9.17, 15) is 14.4 Å². The summed E-state index contributed by atoms with van der Waals surface area (Å²) < 4.78 is 15.7. The van der Waals surface area contributed by atoms with Crippen LogP contribution in [0, 0.1) is 6.92 Å². The van der Waals surface area contributed by atoms with E-state index in [-0.39, 0.29) is 13.0 Å². The molecule has 4 rings (SSSR count). The van der Waals surface area contributed by atoms with Gasteiger partial charge in [-0.15, -0.1) is 0 Å². The first-order chi connectivity index (χ1) is 17.8. The number of carbonyl (C=O) groups excluding carboxylic acids is 3. The molecule has 37 heavy (non-hydrogen) atoms. The predicted molar refractivity (Wildman–Crippen MR) is 139 cm³/mol. The van der Waals surface area contributed by atoms with Crippen LogP contribution in [0.2, 0.25) is 0 Å². The maximum Gasteiger partial charge on any atom is 0.332 e. The van der Waals surface area contributed by atoms with Crippen LogP contribution >= 0.6 is 0 Å². The smallest absolute Gasteiger partial charge is 0.332 e. The molecule has 1 aliphatic heterocycles. The van der Waals surface area contributed by atoms with Crippen molar-refractivity contribution in [2.24, 2.45) is 0 Å². The summed E-state index contributed by atoms with van der Waals surface area (Å²) in [4.78, 5) is 42.6. The van der Waals surface area contributed by atoms with Crippen LogP contribution in [0.5, 0.6) is 17.2 Å². The van der Waals surface area contributed by atoms with Gasteiger partial charge in [0.25, 0.3) is 5.91 Å². The molecule has 1 heterocycles. The Balaban J connectivity index is 1.60. The normalized spacial score (nSPS) is 15.1. The molecule has 1 N–H and O–H groups in total. The number of amides is 4. The summed E-state index contributed by atoms with van der Waals surface area (Å²) in [6.07, 6.45) is -0.220. The van der Waals surface area contributed by atoms with E-state index in [0.29, 0.717) is 28.6 Å². The number of rotatable bonds is 9. The molecule has 0 unspecified atom stereocenters. The molecule has 192 valence electrons. The minimum Gasteiger partial charge on any atom is -0.497 e. The van der Waals surface area contributed by atoms with Crippen LogP contribution in [0.3, 0.4) is 0 Å². The van der Waals surface area contributed by atoms with Gasteiger partial charge in [-0.1, -0.05) is 29.8 Å². The van der Waals surface area contributed by atoms with Crippen LogP contribution in [0.15, 0.2) is 66.7 Å². The molecule has 1 aliphatic rings. The summed E-state index contributed by atoms with van der Waals surface area (Å²) in [7, 11) is 4.60. The zero-order valence-corrected chi connectivity index (χ0v) is 21.2. The van der Waals surface area contributed by atoms with Crippen molar-refractivity contribution in [1.82, 2.24) is 4.90 Å². The summed E-state index contributed by atoms with van der Waals surface area (Å²) in [5.41, 5.74) is 2.72. The number of nitrogens with zero attached hydrogens (tertiary/aromatic N) is 2. The van der Waals surface area contributed by atoms with E-state index >= 15 is 0 Å². The highest BCUT2D eigenvalue weighted by molar-refractivity contribution is 6.22. The second-order valence-electron chi connectivity index (χ2n) is 8.64. The fourth-order valence-electron chi connectivity index (χ4n) is 4.14. The third-order valence-corrected chi connectivity index (χ3v) is 6.14. The van der Waals surface area contributed by atoms with Gasteiger partial charge in [0, 0.05) is 30.4 Å².